The largest absolute Gasteiger partial charge is 0.0636 e. The molecule has 0 fully saturated rings. The zero-order valence-electron chi connectivity index (χ0n) is 130. The van der Waals surface area contributed by atoms with Crippen LogP contribution in [0.5, 0.6) is 0 Å². The van der Waals surface area contributed by atoms with Gasteiger partial charge in [0.15, 0.2) is 0 Å². The Hall–Kier alpha value is -18.7. The summed E-state index contributed by atoms with van der Waals surface area (Å²) in [5.74, 6) is 0. The lowest BCUT2D eigenvalue weighted by Crippen LogP contribution is -1.90. The van der Waals surface area contributed by atoms with Gasteiger partial charge in [-0.3, -0.25) is 0 Å². The van der Waals surface area contributed by atoms with Crippen LogP contribution < -0.4 is 0 Å². The molecule has 0 amide bonds. The number of hydrogen-bond donors (Lipinski definition) is 0. The second-order valence-corrected chi connectivity index (χ2v) is 34.9. The van der Waals surface area contributed by atoms with Crippen molar-refractivity contribution in [3.8, 4) is 122 Å². The predicted octanol–water partition coefficient (Wildman–Crippen LogP) is 40.8. The highest BCUT2D eigenvalue weighted by Crippen LogP contribution is 2.50. The molecule has 662 valence electrons. The van der Waals surface area contributed by atoms with E-state index in [-0.39, 0.29) is 150 Å². The second-order valence-electron chi connectivity index (χ2n) is 34.9. The van der Waals surface area contributed by atoms with E-state index in [2.05, 4.69) is 24.3 Å². The molecule has 0 N–H and O–H groups in total. The first kappa shape index (κ1) is 43.8. The van der Waals surface area contributed by atoms with Crippen molar-refractivity contribution in [1.82, 2.24) is 0 Å². The normalized spacial score (nSPS) is 17.5. The molecule has 144 heavy (non-hydrogen) atoms. The van der Waals surface area contributed by atoms with Gasteiger partial charge in [0.2, 0.25) is 0 Å². The highest BCUT2D eigenvalue weighted by molar-refractivity contribution is 6.32. The fraction of sp³-hybridized carbons (Fsp3) is 0. The zero-order valence-corrected chi connectivity index (χ0v) is 74.3. The van der Waals surface area contributed by atoms with Gasteiger partial charge in [-0.25, -0.2) is 0 Å². The van der Waals surface area contributed by atoms with Crippen LogP contribution in [0.4, 0.5) is 0 Å². The van der Waals surface area contributed by atoms with E-state index in [4.69, 9.17) is 43.9 Å². The first-order chi connectivity index (χ1) is 94.8. The van der Waals surface area contributed by atoms with Crippen LogP contribution in [-0.4, -0.2) is 0 Å². The monoisotopic (exact) mass is 1870 g/mol. The number of rotatable bonds is 11. The van der Waals surface area contributed by atoms with Crippen molar-refractivity contribution in [2.75, 3.05) is 0 Å². The van der Waals surface area contributed by atoms with Gasteiger partial charge in [0.1, 0.15) is 0 Å². The third-order valence-electron chi connectivity index (χ3n) is 27.1. The minimum absolute atomic E-state index is 0.0191. The average Bonchev–Trinajstić information content (AvgIpc) is 0.675. The topological polar surface area (TPSA) is 0 Å². The summed E-state index contributed by atoms with van der Waals surface area (Å²) in [7, 11) is 0. The lowest BCUT2D eigenvalue weighted by molar-refractivity contribution is 1.57. The Labute approximate surface area is 910 Å². The van der Waals surface area contributed by atoms with Crippen LogP contribution in [0.2, 0.25) is 0 Å². The van der Waals surface area contributed by atoms with E-state index in [9.17, 15) is 32.9 Å². The third-order valence-corrected chi connectivity index (χ3v) is 27.1. The Kier molecular flexibility index (Phi) is 9.86. The molecule has 0 bridgehead atoms. The van der Waals surface area contributed by atoms with Crippen molar-refractivity contribution in [2.24, 2.45) is 0 Å². The van der Waals surface area contributed by atoms with Gasteiger partial charge < -0.3 is 0 Å². The molecule has 0 atom stereocenters. The summed E-state index contributed by atoms with van der Waals surface area (Å²) >= 11 is 0. The van der Waals surface area contributed by atoms with Crippen LogP contribution in [0.3, 0.4) is 0 Å². The maximum atomic E-state index is 9.96. The summed E-state index contributed by atoms with van der Waals surface area (Å²) in [5, 5.41) is 6.01. The number of benzene rings is 32. The number of hydrogen-bond acceptors (Lipinski definition) is 0. The van der Waals surface area contributed by atoms with Gasteiger partial charge in [-0.15, -0.1) is 0 Å². The van der Waals surface area contributed by atoms with Gasteiger partial charge in [0.25, 0.3) is 0 Å². The summed E-state index contributed by atoms with van der Waals surface area (Å²) in [6.45, 7) is 0. The SMILES string of the molecule is [2H]c1c([2H])c(-c2c([2H])c([2H])c(-c3ccc4ccc5cccc6ccc3c4c56)c([2H])c2[2H])c([2H])c(-c2ccc3ccc4cccc5ccc2c3c45)c1[2H].[2H]c1c([2H])c([2H])c(-c2c([2H])c(-c3c([2H])c([2H])c(-c4c([2H])c([2H])c5c([2H])c([2H])c6c([2H])c([2H])c([2H])c7c([2H])c([2H])c4c5c67)c([2H])c3[2H])c([2H])c(-c3c([2H])c([2H])c4c([2H])c([2H])c5c([2H])c([2H])c([2H])c6c([2H])c([2H])c3c4c56)c2[2H])c([2H])c1[2H].[2H]c1c([2H])c2c([2H])c([2H])c3c([2H])c([2H])c(-c4ccc(-c5cc(-c6ccccc6)cc(-c6c([2H])c([2H])c7c([2H])c([2H])c8c([2H])c([2H])c([2H])c9c([2H])c([2H])c6c7c89)c5)cc4)c4c([2H])c([2H])c(c1[2H])c2c34. The third kappa shape index (κ3) is 13.1. The molecule has 0 aliphatic heterocycles. The van der Waals surface area contributed by atoms with E-state index in [1.807, 2.05) is 121 Å². The predicted molar refractivity (Wildman–Crippen MR) is 621 cm³/mol. The van der Waals surface area contributed by atoms with E-state index in [0.717, 1.165) is 70.2 Å². The zero-order chi connectivity index (χ0) is 143. The first-order valence-corrected chi connectivity index (χ1v) is 45.7. The Morgan fingerprint density at radius 1 is 0.104 bits per heavy atom. The first-order valence-electron chi connectivity index (χ1n) is 73.7. The van der Waals surface area contributed by atoms with E-state index in [1.54, 1.807) is 36.4 Å². The van der Waals surface area contributed by atoms with Gasteiger partial charge in [0, 0.05) is 0 Å². The Balaban J connectivity index is 0.000000130. The molecule has 0 saturated heterocycles. The molecule has 32 rings (SSSR count). The van der Waals surface area contributed by atoms with Gasteiger partial charge in [-0.2, -0.15) is 0 Å². The lowest BCUT2D eigenvalue weighted by Gasteiger charge is -2.16. The molecule has 0 heteroatoms. The molecule has 0 radical (unpaired) electrons. The summed E-state index contributed by atoms with van der Waals surface area (Å²) in [6, 6.07) is 18.6. The van der Waals surface area contributed by atoms with Gasteiger partial charge in [-0.1, -0.05) is 478 Å². The maximum absolute atomic E-state index is 9.96. The van der Waals surface area contributed by atoms with Crippen LogP contribution >= 0.6 is 0 Å². The molecule has 32 aromatic rings. The summed E-state index contributed by atoms with van der Waals surface area (Å²) in [5.41, 5.74) is -2.74. The standard InChI is InChI=1S/2C50H30.C44H26/c2*1-2-6-31(7-3-1)40-28-41(30-42(29-40)44-25-21-39-19-17-35-9-5-11-37-23-27-46(44)50(39)48(35)37)32-12-14-33(15-13-32)43-24-20-38-18-16-34-8-4-10-36-22-26-45(43)49(38)47(34)36;1-4-29-14-16-33-18-22-37(39-24-20-31(6-1)41(29)43(33)39)28-12-10-27(11-13-28)35-8-3-9-36(26-35)38-23-19-34-17-15-30-5-2-7-32-21-25-40(38)44(34)42(30)32/h2*1-30H;1-26H/i1D,2D,3D,4D,5D,6D,7D,8D,9D,10D,11D,12D,13D,14D,15D,16D,17D,18D,19D,20D,21D,22D,23D,24D,25D,26D,27D,28D,29D,30D;4D,5D,8D,9D,10D,11D,16D,17D,18D,19D,20D,21D,22D,23D,24D,25D,26D,27D;3D,8D,9D,10D,11D,12D,13D,26D. The van der Waals surface area contributed by atoms with Gasteiger partial charge >= 0.3 is 0 Å². The van der Waals surface area contributed by atoms with Crippen molar-refractivity contribution < 1.29 is 76.8 Å². The van der Waals surface area contributed by atoms with E-state index >= 15 is 0 Å². The molecule has 0 nitrogen and oxygen atoms in total. The molecule has 0 aromatic heterocycles. The molecular formula is C144H86. The lowest BCUT2D eigenvalue weighted by atomic mass is 9.87. The second kappa shape index (κ2) is 32.4. The molecule has 0 heterocycles. The van der Waals surface area contributed by atoms with E-state index in [1.165, 1.54) is 0 Å². The molecule has 0 unspecified atom stereocenters. The molecule has 0 saturated carbocycles. The maximum Gasteiger partial charge on any atom is 0.0636 e. The van der Waals surface area contributed by atoms with Crippen LogP contribution in [0.25, 0.3) is 316 Å². The van der Waals surface area contributed by atoms with Gasteiger partial charge in [-0.05, 0) is 359 Å². The highest BCUT2D eigenvalue weighted by atomic mass is 14.3. The molecular weight excluding hydrogens is 1730 g/mol. The summed E-state index contributed by atoms with van der Waals surface area (Å²) in [4.78, 5) is 0. The highest BCUT2D eigenvalue weighted by Gasteiger charge is 2.23. The summed E-state index contributed by atoms with van der Waals surface area (Å²) < 4.78 is 508. The van der Waals surface area contributed by atoms with Crippen molar-refractivity contribution in [3.05, 3.63) is 520 Å². The van der Waals surface area contributed by atoms with Crippen LogP contribution in [-0.2, 0) is 0 Å². The molecule has 32 aromatic carbocycles. The van der Waals surface area contributed by atoms with Crippen LogP contribution in [0.15, 0.2) is 520 Å². The van der Waals surface area contributed by atoms with Gasteiger partial charge in [0.05, 0.1) is 76.8 Å². The molecule has 0 spiro atoms. The fourth-order valence-electron chi connectivity index (χ4n) is 20.5. The minimum Gasteiger partial charge on any atom is -0.0622 e. The molecule has 0 aliphatic carbocycles. The van der Waals surface area contributed by atoms with Crippen molar-refractivity contribution in [3.63, 3.8) is 0 Å². The minimum atomic E-state index is -1.17. The average molecular weight is 1870 g/mol. The molecule has 0 aliphatic rings. The Morgan fingerprint density at radius 3 is 0.799 bits per heavy atom. The van der Waals surface area contributed by atoms with Crippen molar-refractivity contribution in [2.45, 2.75) is 0 Å². The smallest absolute Gasteiger partial charge is 0.0622 e. The Morgan fingerprint density at radius 2 is 0.368 bits per heavy atom. The van der Waals surface area contributed by atoms with E-state index < -0.39 is 395 Å². The van der Waals surface area contributed by atoms with Crippen LogP contribution in [0.1, 0.15) is 76.8 Å². The summed E-state index contributed by atoms with van der Waals surface area (Å²) in [6.07, 6.45) is 0. The van der Waals surface area contributed by atoms with Crippen molar-refractivity contribution >= 4 is 194 Å². The van der Waals surface area contributed by atoms with Crippen molar-refractivity contribution in [1.29, 1.82) is 0 Å². The fourth-order valence-corrected chi connectivity index (χ4v) is 20.5. The quantitative estimate of drug-likeness (QED) is 0.113. The van der Waals surface area contributed by atoms with E-state index in [0.29, 0.717) is 38.9 Å². The van der Waals surface area contributed by atoms with Crippen LogP contribution in [0, 0.1) is 0 Å². The Bertz CT molecular complexity index is 14300.